The summed E-state index contributed by atoms with van der Waals surface area (Å²) in [7, 11) is 0. The highest BCUT2D eigenvalue weighted by Crippen LogP contribution is 2.37. The highest BCUT2D eigenvalue weighted by atomic mass is 32.1. The molecule has 1 aliphatic heterocycles. The van der Waals surface area contributed by atoms with Crippen molar-refractivity contribution in [2.24, 2.45) is 0 Å². The lowest BCUT2D eigenvalue weighted by atomic mass is 9.95. The van der Waals surface area contributed by atoms with Gasteiger partial charge in [0.25, 0.3) is 5.91 Å². The summed E-state index contributed by atoms with van der Waals surface area (Å²) in [6.45, 7) is -0.0744. The average molecular weight is 449 g/mol. The molecular formula is C24H24N4O3S. The van der Waals surface area contributed by atoms with E-state index in [1.165, 1.54) is 22.7 Å². The van der Waals surface area contributed by atoms with E-state index in [9.17, 15) is 9.59 Å². The number of anilines is 1. The van der Waals surface area contributed by atoms with Gasteiger partial charge in [-0.3, -0.25) is 19.5 Å². The molecule has 0 unspecified atom stereocenters. The molecule has 164 valence electrons. The molecule has 0 atom stereocenters. The van der Waals surface area contributed by atoms with Crippen LogP contribution in [0.15, 0.2) is 48.0 Å². The summed E-state index contributed by atoms with van der Waals surface area (Å²) in [6, 6.07) is 11.6. The Morgan fingerprint density at radius 1 is 1.16 bits per heavy atom. The lowest BCUT2D eigenvalue weighted by molar-refractivity contribution is -0.125. The van der Waals surface area contributed by atoms with Gasteiger partial charge in [0.15, 0.2) is 6.61 Å². The molecule has 5 rings (SSSR count). The maximum Gasteiger partial charge on any atom is 0.265 e. The van der Waals surface area contributed by atoms with E-state index in [1.807, 2.05) is 41.8 Å². The largest absolute Gasteiger partial charge is 0.482 e. The van der Waals surface area contributed by atoms with Gasteiger partial charge in [0.05, 0.1) is 17.1 Å². The quantitative estimate of drug-likeness (QED) is 0.637. The Labute approximate surface area is 190 Å². The molecule has 2 amide bonds. The second kappa shape index (κ2) is 9.08. The SMILES string of the molecule is O=C(CN1C(=O)COc2ccc(-c3csc(-c4ccccn4)n3)cc21)NC1CCCCC1. The van der Waals surface area contributed by atoms with Crippen molar-refractivity contribution in [3.63, 3.8) is 0 Å². The van der Waals surface area contributed by atoms with Gasteiger partial charge in [-0.15, -0.1) is 11.3 Å². The van der Waals surface area contributed by atoms with Crippen LogP contribution in [0.5, 0.6) is 5.75 Å². The Hall–Kier alpha value is -3.26. The number of ether oxygens (including phenoxy) is 1. The Morgan fingerprint density at radius 3 is 2.84 bits per heavy atom. The summed E-state index contributed by atoms with van der Waals surface area (Å²) < 4.78 is 5.61. The zero-order chi connectivity index (χ0) is 21.9. The molecular weight excluding hydrogens is 424 g/mol. The van der Waals surface area contributed by atoms with Crippen LogP contribution in [-0.4, -0.2) is 41.0 Å². The zero-order valence-corrected chi connectivity index (χ0v) is 18.4. The number of hydrogen-bond acceptors (Lipinski definition) is 6. The lowest BCUT2D eigenvalue weighted by Gasteiger charge is -2.30. The van der Waals surface area contributed by atoms with Crippen LogP contribution in [0, 0.1) is 0 Å². The summed E-state index contributed by atoms with van der Waals surface area (Å²) in [4.78, 5) is 35.9. The predicted molar refractivity (Wildman–Crippen MR) is 124 cm³/mol. The highest BCUT2D eigenvalue weighted by Gasteiger charge is 2.29. The van der Waals surface area contributed by atoms with Crippen molar-refractivity contribution < 1.29 is 14.3 Å². The molecule has 1 N–H and O–H groups in total. The van der Waals surface area contributed by atoms with E-state index in [1.54, 1.807) is 6.20 Å². The number of hydrogen-bond donors (Lipinski definition) is 1. The molecule has 1 fully saturated rings. The van der Waals surface area contributed by atoms with Gasteiger partial charge in [-0.2, -0.15) is 0 Å². The van der Waals surface area contributed by atoms with Crippen LogP contribution < -0.4 is 15.0 Å². The maximum absolute atomic E-state index is 12.7. The topological polar surface area (TPSA) is 84.4 Å². The summed E-state index contributed by atoms with van der Waals surface area (Å²) in [5, 5.41) is 5.89. The molecule has 0 radical (unpaired) electrons. The van der Waals surface area contributed by atoms with Gasteiger partial charge in [-0.25, -0.2) is 4.98 Å². The number of nitrogens with zero attached hydrogens (tertiary/aromatic N) is 3. The minimum absolute atomic E-state index is 0.00853. The van der Waals surface area contributed by atoms with Crippen molar-refractivity contribution in [3.8, 4) is 27.7 Å². The first-order valence-electron chi connectivity index (χ1n) is 10.9. The number of nitrogens with one attached hydrogen (secondary N) is 1. The number of carbonyl (C=O) groups excluding carboxylic acids is 2. The zero-order valence-electron chi connectivity index (χ0n) is 17.6. The van der Waals surface area contributed by atoms with Crippen molar-refractivity contribution >= 4 is 28.8 Å². The fourth-order valence-corrected chi connectivity index (χ4v) is 5.02. The first-order chi connectivity index (χ1) is 15.7. The first kappa shape index (κ1) is 20.6. The smallest absolute Gasteiger partial charge is 0.265 e. The van der Waals surface area contributed by atoms with Gasteiger partial charge in [-0.1, -0.05) is 25.3 Å². The number of carbonyl (C=O) groups is 2. The van der Waals surface area contributed by atoms with Crippen molar-refractivity contribution in [1.82, 2.24) is 15.3 Å². The number of aromatic nitrogens is 2. The maximum atomic E-state index is 12.7. The Kier molecular flexibility index (Phi) is 5.85. The molecule has 3 heterocycles. The van der Waals surface area contributed by atoms with E-state index in [0.717, 1.165) is 47.6 Å². The summed E-state index contributed by atoms with van der Waals surface area (Å²) in [5.74, 6) is 0.245. The second-order valence-corrected chi connectivity index (χ2v) is 8.96. The molecule has 0 saturated heterocycles. The molecule has 1 aliphatic carbocycles. The minimum atomic E-state index is -0.221. The molecule has 8 heteroatoms. The monoisotopic (exact) mass is 448 g/mol. The van der Waals surface area contributed by atoms with Crippen LogP contribution in [0.25, 0.3) is 22.0 Å². The van der Waals surface area contributed by atoms with Crippen LogP contribution in [0.1, 0.15) is 32.1 Å². The highest BCUT2D eigenvalue weighted by molar-refractivity contribution is 7.13. The lowest BCUT2D eigenvalue weighted by Crippen LogP contribution is -2.47. The van der Waals surface area contributed by atoms with E-state index in [-0.39, 0.29) is 31.0 Å². The molecule has 0 spiro atoms. The Balaban J connectivity index is 1.37. The fraction of sp³-hybridized carbons (Fsp3) is 0.333. The third-order valence-electron chi connectivity index (χ3n) is 5.86. The average Bonchev–Trinajstić information content (AvgIpc) is 3.32. The van der Waals surface area contributed by atoms with Crippen LogP contribution in [0.2, 0.25) is 0 Å². The summed E-state index contributed by atoms with van der Waals surface area (Å²) >= 11 is 1.52. The Bertz CT molecular complexity index is 1130. The van der Waals surface area contributed by atoms with Gasteiger partial charge >= 0.3 is 0 Å². The second-order valence-electron chi connectivity index (χ2n) is 8.11. The molecule has 2 aromatic heterocycles. The number of benzene rings is 1. The van der Waals surface area contributed by atoms with Gasteiger partial charge in [-0.05, 0) is 43.2 Å². The van der Waals surface area contributed by atoms with E-state index in [4.69, 9.17) is 9.72 Å². The molecule has 2 aliphatic rings. The molecule has 0 bridgehead atoms. The van der Waals surface area contributed by atoms with Crippen LogP contribution in [0.3, 0.4) is 0 Å². The van der Waals surface area contributed by atoms with Crippen molar-refractivity contribution in [2.75, 3.05) is 18.1 Å². The molecule has 7 nitrogen and oxygen atoms in total. The van der Waals surface area contributed by atoms with Crippen molar-refractivity contribution in [2.45, 2.75) is 38.1 Å². The molecule has 1 saturated carbocycles. The Morgan fingerprint density at radius 2 is 2.03 bits per heavy atom. The van der Waals surface area contributed by atoms with E-state index in [2.05, 4.69) is 10.3 Å². The number of amides is 2. The molecule has 3 aromatic rings. The number of rotatable bonds is 5. The van der Waals surface area contributed by atoms with Gasteiger partial charge in [0, 0.05) is 23.2 Å². The van der Waals surface area contributed by atoms with Crippen molar-refractivity contribution in [1.29, 1.82) is 0 Å². The van der Waals surface area contributed by atoms with Crippen LogP contribution in [-0.2, 0) is 9.59 Å². The predicted octanol–water partition coefficient (Wildman–Crippen LogP) is 4.05. The van der Waals surface area contributed by atoms with E-state index < -0.39 is 0 Å². The number of pyridine rings is 1. The summed E-state index contributed by atoms with van der Waals surface area (Å²) in [6.07, 6.45) is 7.26. The van der Waals surface area contributed by atoms with Crippen molar-refractivity contribution in [3.05, 3.63) is 48.0 Å². The third kappa shape index (κ3) is 4.36. The van der Waals surface area contributed by atoms with E-state index in [0.29, 0.717) is 11.4 Å². The van der Waals surface area contributed by atoms with E-state index >= 15 is 0 Å². The van der Waals surface area contributed by atoms with Gasteiger partial charge in [0.2, 0.25) is 5.91 Å². The van der Waals surface area contributed by atoms with Gasteiger partial charge in [0.1, 0.15) is 17.3 Å². The van der Waals surface area contributed by atoms with Gasteiger partial charge < -0.3 is 10.1 Å². The summed E-state index contributed by atoms with van der Waals surface area (Å²) in [5.41, 5.74) is 3.08. The van der Waals surface area contributed by atoms with Crippen LogP contribution >= 0.6 is 11.3 Å². The molecule has 32 heavy (non-hydrogen) atoms. The number of fused-ring (bicyclic) bond motifs is 1. The third-order valence-corrected chi connectivity index (χ3v) is 6.72. The first-order valence-corrected chi connectivity index (χ1v) is 11.8. The fourth-order valence-electron chi connectivity index (χ4n) is 4.21. The molecule has 1 aromatic carbocycles. The minimum Gasteiger partial charge on any atom is -0.482 e. The normalized spacial score (nSPS) is 16.4. The number of thiazole rings is 1. The standard InChI is InChI=1S/C24H24N4O3S/c29-22(26-17-6-2-1-3-7-17)13-28-20-12-16(9-10-21(20)31-14-23(28)30)19-15-32-24(27-19)18-8-4-5-11-25-18/h4-5,8-12,15,17H,1-3,6-7,13-14H2,(H,26,29). The van der Waals surface area contributed by atoms with Crippen LogP contribution in [0.4, 0.5) is 5.69 Å².